The second kappa shape index (κ2) is 58.9. The molecule has 1 aliphatic rings. The van der Waals surface area contributed by atoms with Crippen LogP contribution in [0.4, 0.5) is 0 Å². The minimum Gasteiger partial charge on any atom is -0.466 e. The molecule has 0 radical (unpaired) electrons. The van der Waals surface area contributed by atoms with E-state index < -0.39 is 49.5 Å². The van der Waals surface area contributed by atoms with Crippen molar-refractivity contribution in [3.05, 3.63) is 72.9 Å². The third-order valence-electron chi connectivity index (χ3n) is 15.5. The lowest BCUT2D eigenvalue weighted by Gasteiger charge is -2.40. The molecule has 1 fully saturated rings. The highest BCUT2D eigenvalue weighted by Gasteiger charge is 2.44. The Morgan fingerprint density at radius 1 is 0.457 bits per heavy atom. The summed E-state index contributed by atoms with van der Waals surface area (Å²) in [5.74, 6) is -0.216. The Labute approximate surface area is 496 Å². The lowest BCUT2D eigenvalue weighted by molar-refractivity contribution is -0.302. The van der Waals surface area contributed by atoms with Crippen molar-refractivity contribution in [2.75, 3.05) is 19.8 Å². The summed E-state index contributed by atoms with van der Waals surface area (Å²) in [6.45, 7) is 4.26. The van der Waals surface area contributed by atoms with Gasteiger partial charge >= 0.3 is 5.97 Å². The molecule has 0 bridgehead atoms. The van der Waals surface area contributed by atoms with E-state index in [9.17, 15) is 35.1 Å². The van der Waals surface area contributed by atoms with Crippen LogP contribution >= 0.6 is 0 Å². The first-order valence-corrected chi connectivity index (χ1v) is 33.7. The maximum absolute atomic E-state index is 13.1. The lowest BCUT2D eigenvalue weighted by Crippen LogP contribution is -2.60. The Morgan fingerprint density at radius 2 is 0.864 bits per heavy atom. The number of hydrogen-bond acceptors (Lipinski definition) is 10. The van der Waals surface area contributed by atoms with Gasteiger partial charge in [0, 0.05) is 12.8 Å². The average molecular weight is 1140 g/mol. The number of hydrogen-bond donors (Lipinski definition) is 6. The number of allylic oxidation sites excluding steroid dienone is 11. The molecule has 0 aromatic carbocycles. The first kappa shape index (κ1) is 76.1. The molecule has 6 N–H and O–H groups in total. The zero-order valence-corrected chi connectivity index (χ0v) is 52.0. The number of nitrogens with one attached hydrogen (secondary N) is 1. The average Bonchev–Trinajstić information content (AvgIpc) is 3.47. The number of ether oxygens (including phenoxy) is 3. The van der Waals surface area contributed by atoms with Crippen molar-refractivity contribution >= 4 is 11.9 Å². The highest BCUT2D eigenvalue weighted by Crippen LogP contribution is 2.23. The minimum atomic E-state index is -1.58. The number of carbonyl (C=O) groups is 2. The molecule has 7 unspecified atom stereocenters. The molecule has 0 aromatic heterocycles. The highest BCUT2D eigenvalue weighted by molar-refractivity contribution is 5.76. The van der Waals surface area contributed by atoms with Crippen LogP contribution in [0.2, 0.25) is 0 Å². The van der Waals surface area contributed by atoms with Gasteiger partial charge in [-0.1, -0.05) is 254 Å². The van der Waals surface area contributed by atoms with E-state index in [1.54, 1.807) is 6.08 Å². The normalized spacial score (nSPS) is 18.7. The lowest BCUT2D eigenvalue weighted by atomic mass is 9.99. The fourth-order valence-electron chi connectivity index (χ4n) is 10.2. The van der Waals surface area contributed by atoms with Crippen molar-refractivity contribution in [2.24, 2.45) is 0 Å². The summed E-state index contributed by atoms with van der Waals surface area (Å²) in [5, 5.41) is 54.5. The number of rotatable bonds is 58. The summed E-state index contributed by atoms with van der Waals surface area (Å²) in [7, 11) is 0. The summed E-state index contributed by atoms with van der Waals surface area (Å²) in [5.41, 5.74) is 0. The molecule has 1 heterocycles. The number of aliphatic hydroxyl groups excluding tert-OH is 5. The summed E-state index contributed by atoms with van der Waals surface area (Å²) >= 11 is 0. The molecule has 0 aliphatic carbocycles. The van der Waals surface area contributed by atoms with Crippen molar-refractivity contribution in [3.63, 3.8) is 0 Å². The van der Waals surface area contributed by atoms with Gasteiger partial charge in [-0.05, 0) is 103 Å². The molecular weight excluding hydrogens is 1010 g/mol. The number of esters is 1. The van der Waals surface area contributed by atoms with Gasteiger partial charge in [-0.2, -0.15) is 0 Å². The standard InChI is InChI=1S/C70H125NO10/c1-3-5-7-9-11-13-15-17-29-33-36-40-44-48-52-56-63(73)62(61-80-70-69(78)68(77)67(76)64(60-72)81-70)71-65(74)57-53-49-45-41-37-34-30-27-25-23-21-19-18-20-22-24-26-28-31-35-39-43-47-51-55-59-79-66(75)58-54-50-46-42-38-32-16-14-12-10-8-6-4-2/h8,10,14,16,19-22,36,40,52,56,62-64,67-70,72-73,76-78H,3-7,9,11-13,15,17-18,23-35,37-39,41-51,53-55,57-61H2,1-2H3,(H,71,74)/b10-8-,16-14-,21-19-,22-20-,40-36+,56-52+. The van der Waals surface area contributed by atoms with Crippen molar-refractivity contribution in [1.29, 1.82) is 0 Å². The number of carbonyl (C=O) groups excluding carboxylic acids is 2. The predicted octanol–water partition coefficient (Wildman–Crippen LogP) is 16.7. The van der Waals surface area contributed by atoms with Crippen LogP contribution < -0.4 is 5.32 Å². The van der Waals surface area contributed by atoms with Crippen molar-refractivity contribution < 1.29 is 49.3 Å². The van der Waals surface area contributed by atoms with Gasteiger partial charge in [0.15, 0.2) is 6.29 Å². The maximum atomic E-state index is 13.1. The topological polar surface area (TPSA) is 175 Å². The van der Waals surface area contributed by atoms with Gasteiger partial charge in [0.05, 0.1) is 32.0 Å². The molecule has 11 nitrogen and oxygen atoms in total. The second-order valence-corrected chi connectivity index (χ2v) is 23.2. The Kier molecular flexibility index (Phi) is 55.3. The molecule has 0 spiro atoms. The first-order chi connectivity index (χ1) is 39.7. The van der Waals surface area contributed by atoms with Crippen LogP contribution in [0.25, 0.3) is 0 Å². The minimum absolute atomic E-state index is 0.0180. The van der Waals surface area contributed by atoms with Crippen LogP contribution in [0.3, 0.4) is 0 Å². The summed E-state index contributed by atoms with van der Waals surface area (Å²) in [6, 6.07) is -0.834. The SMILES string of the molecule is CCC/C=C\C/C=C\CCCCCCCC(=O)OCCCCCCCCCCC/C=C\C/C=C\CCCCCCCCCCCC(=O)NC(COC1OC(CO)C(O)C(O)C1O)C(O)/C=C/CC/C=C/CCCCCCCCCCC. The van der Waals surface area contributed by atoms with E-state index in [1.165, 1.54) is 173 Å². The highest BCUT2D eigenvalue weighted by atomic mass is 16.7. The molecule has 81 heavy (non-hydrogen) atoms. The molecule has 470 valence electrons. The largest absolute Gasteiger partial charge is 0.466 e. The summed E-state index contributed by atoms with van der Waals surface area (Å²) < 4.78 is 16.7. The Hall–Kier alpha value is -2.90. The molecule has 1 saturated heterocycles. The van der Waals surface area contributed by atoms with E-state index in [-0.39, 0.29) is 18.5 Å². The van der Waals surface area contributed by atoms with Gasteiger partial charge < -0.3 is 45.1 Å². The smallest absolute Gasteiger partial charge is 0.305 e. The predicted molar refractivity (Wildman–Crippen MR) is 338 cm³/mol. The fraction of sp³-hybridized carbons (Fsp3) is 0.800. The fourth-order valence-corrected chi connectivity index (χ4v) is 10.2. The monoisotopic (exact) mass is 1140 g/mol. The van der Waals surface area contributed by atoms with Gasteiger partial charge in [-0.3, -0.25) is 9.59 Å². The molecule has 1 aliphatic heterocycles. The third kappa shape index (κ3) is 48.1. The van der Waals surface area contributed by atoms with Gasteiger partial charge in [0.25, 0.3) is 0 Å². The van der Waals surface area contributed by atoms with Gasteiger partial charge in [0.1, 0.15) is 24.4 Å². The molecule has 1 rings (SSSR count). The van der Waals surface area contributed by atoms with Gasteiger partial charge in [0.2, 0.25) is 5.91 Å². The number of aliphatic hydroxyl groups is 5. The maximum Gasteiger partial charge on any atom is 0.305 e. The Morgan fingerprint density at radius 3 is 1.35 bits per heavy atom. The summed E-state index contributed by atoms with van der Waals surface area (Å²) in [6.07, 6.45) is 68.6. The second-order valence-electron chi connectivity index (χ2n) is 23.2. The molecule has 0 saturated carbocycles. The quantitative estimate of drug-likeness (QED) is 0.0195. The molecule has 11 heteroatoms. The molecule has 0 aromatic rings. The van der Waals surface area contributed by atoms with Crippen molar-refractivity contribution in [1.82, 2.24) is 5.32 Å². The van der Waals surface area contributed by atoms with Crippen LogP contribution in [0.1, 0.15) is 296 Å². The van der Waals surface area contributed by atoms with Crippen LogP contribution in [-0.2, 0) is 23.8 Å². The van der Waals surface area contributed by atoms with Crippen LogP contribution in [0, 0.1) is 0 Å². The van der Waals surface area contributed by atoms with E-state index in [1.807, 2.05) is 6.08 Å². The van der Waals surface area contributed by atoms with Crippen LogP contribution in [-0.4, -0.2) is 100 Å². The van der Waals surface area contributed by atoms with Crippen LogP contribution in [0.5, 0.6) is 0 Å². The molecule has 7 atom stereocenters. The molecular formula is C70H125NO10. The third-order valence-corrected chi connectivity index (χ3v) is 15.5. The van der Waals surface area contributed by atoms with E-state index in [2.05, 4.69) is 79.9 Å². The number of amides is 1. The van der Waals surface area contributed by atoms with E-state index in [0.29, 0.717) is 19.4 Å². The zero-order chi connectivity index (χ0) is 58.7. The Balaban J connectivity index is 2.07. The van der Waals surface area contributed by atoms with Gasteiger partial charge in [-0.25, -0.2) is 0 Å². The van der Waals surface area contributed by atoms with E-state index in [0.717, 1.165) is 96.3 Å². The number of unbranched alkanes of at least 4 members (excludes halogenated alkanes) is 34. The van der Waals surface area contributed by atoms with Crippen LogP contribution in [0.15, 0.2) is 72.9 Å². The van der Waals surface area contributed by atoms with Crippen molar-refractivity contribution in [2.45, 2.75) is 339 Å². The zero-order valence-electron chi connectivity index (χ0n) is 52.0. The Bertz CT molecular complexity index is 1580. The van der Waals surface area contributed by atoms with Gasteiger partial charge in [-0.15, -0.1) is 0 Å². The first-order valence-electron chi connectivity index (χ1n) is 33.7. The summed E-state index contributed by atoms with van der Waals surface area (Å²) in [4.78, 5) is 25.1. The van der Waals surface area contributed by atoms with Crippen molar-refractivity contribution in [3.8, 4) is 0 Å². The van der Waals surface area contributed by atoms with E-state index >= 15 is 0 Å². The van der Waals surface area contributed by atoms with E-state index in [4.69, 9.17) is 14.2 Å². The molecule has 1 amide bonds.